The number of nitrogens with zero attached hydrogens (tertiary/aromatic N) is 3. The molecule has 0 aliphatic rings. The lowest BCUT2D eigenvalue weighted by Crippen LogP contribution is -2.21. The Morgan fingerprint density at radius 1 is 1.25 bits per heavy atom. The van der Waals surface area contributed by atoms with Gasteiger partial charge in [0.2, 0.25) is 5.95 Å². The summed E-state index contributed by atoms with van der Waals surface area (Å²) in [4.78, 5) is 14.3. The Kier molecular flexibility index (Phi) is 3.25. The molecule has 0 spiro atoms. The summed E-state index contributed by atoms with van der Waals surface area (Å²) in [5.74, 6) is 0.849. The largest absolute Gasteiger partial charge is 0.399 e. The van der Waals surface area contributed by atoms with Crippen molar-refractivity contribution < 1.29 is 0 Å². The van der Waals surface area contributed by atoms with Gasteiger partial charge in [-0.3, -0.25) is 4.98 Å². The van der Waals surface area contributed by atoms with E-state index in [0.29, 0.717) is 0 Å². The number of rotatable bonds is 4. The predicted octanol–water partition coefficient (Wildman–Crippen LogP) is 2.22. The molecule has 0 atom stereocenters. The molecule has 0 saturated heterocycles. The Morgan fingerprint density at radius 2 is 2.15 bits per heavy atom. The van der Waals surface area contributed by atoms with E-state index in [1.54, 1.807) is 0 Å². The fraction of sp³-hybridized carbons (Fsp3) is 0.200. The highest BCUT2D eigenvalue weighted by Gasteiger charge is 2.08. The van der Waals surface area contributed by atoms with Gasteiger partial charge in [0, 0.05) is 37.6 Å². The topological polar surface area (TPSA) is 70.8 Å². The number of aromatic nitrogens is 3. The molecule has 0 radical (unpaired) electrons. The van der Waals surface area contributed by atoms with Crippen LogP contribution in [-0.4, -0.2) is 28.5 Å². The number of benzene rings is 1. The molecule has 0 aliphatic heterocycles. The van der Waals surface area contributed by atoms with Crippen LogP contribution in [0.25, 0.3) is 11.0 Å². The molecule has 0 amide bonds. The summed E-state index contributed by atoms with van der Waals surface area (Å²) in [6.45, 7) is 0.853. The molecule has 0 aliphatic carbocycles. The highest BCUT2D eigenvalue weighted by Crippen LogP contribution is 2.19. The summed E-state index contributed by atoms with van der Waals surface area (Å²) in [7, 11) is 2.02. The summed E-state index contributed by atoms with van der Waals surface area (Å²) in [5, 5.41) is 0. The summed E-state index contributed by atoms with van der Waals surface area (Å²) < 4.78 is 0. The Bertz CT molecular complexity index is 705. The third kappa shape index (κ3) is 2.56. The van der Waals surface area contributed by atoms with Crippen LogP contribution < -0.4 is 10.6 Å². The summed E-state index contributed by atoms with van der Waals surface area (Å²) in [6, 6.07) is 11.7. The van der Waals surface area contributed by atoms with Gasteiger partial charge >= 0.3 is 0 Å². The predicted molar refractivity (Wildman–Crippen MR) is 81.7 cm³/mol. The number of nitrogens with one attached hydrogen (secondary N) is 1. The molecule has 3 aromatic rings. The van der Waals surface area contributed by atoms with E-state index in [-0.39, 0.29) is 0 Å². The van der Waals surface area contributed by atoms with Gasteiger partial charge in [0.05, 0.1) is 11.0 Å². The standard InChI is InChI=1S/C15H17N5/c1-20(9-7-12-4-2-3-8-17-12)15-18-13-6-5-11(16)10-14(13)19-15/h2-6,8,10H,7,9,16H2,1H3,(H,18,19). The fourth-order valence-electron chi connectivity index (χ4n) is 2.13. The molecular weight excluding hydrogens is 250 g/mol. The highest BCUT2D eigenvalue weighted by molar-refractivity contribution is 5.80. The molecule has 0 saturated carbocycles. The first-order valence-electron chi connectivity index (χ1n) is 6.59. The lowest BCUT2D eigenvalue weighted by atomic mass is 10.2. The van der Waals surface area contributed by atoms with Crippen LogP contribution in [0.4, 0.5) is 11.6 Å². The molecule has 5 nitrogen and oxygen atoms in total. The minimum absolute atomic E-state index is 0.740. The van der Waals surface area contributed by atoms with Crippen LogP contribution in [0.2, 0.25) is 0 Å². The van der Waals surface area contributed by atoms with Crippen molar-refractivity contribution in [2.75, 3.05) is 24.2 Å². The molecular formula is C15H17N5. The molecule has 0 fully saturated rings. The molecule has 5 heteroatoms. The number of imidazole rings is 1. The van der Waals surface area contributed by atoms with E-state index >= 15 is 0 Å². The van der Waals surface area contributed by atoms with Gasteiger partial charge < -0.3 is 15.6 Å². The number of pyridine rings is 1. The van der Waals surface area contributed by atoms with Gasteiger partial charge in [0.25, 0.3) is 0 Å². The van der Waals surface area contributed by atoms with Gasteiger partial charge in [-0.2, -0.15) is 0 Å². The molecule has 102 valence electrons. The van der Waals surface area contributed by atoms with Crippen molar-refractivity contribution in [2.45, 2.75) is 6.42 Å². The molecule has 0 bridgehead atoms. The average Bonchev–Trinajstić information content (AvgIpc) is 2.89. The summed E-state index contributed by atoms with van der Waals surface area (Å²) in [5.41, 5.74) is 9.49. The maximum absolute atomic E-state index is 5.77. The van der Waals surface area contributed by atoms with Crippen molar-refractivity contribution in [1.29, 1.82) is 0 Å². The third-order valence-corrected chi connectivity index (χ3v) is 3.28. The van der Waals surface area contributed by atoms with E-state index in [1.165, 1.54) is 0 Å². The molecule has 0 unspecified atom stereocenters. The van der Waals surface area contributed by atoms with Gasteiger partial charge in [-0.1, -0.05) is 6.07 Å². The second kappa shape index (κ2) is 5.21. The van der Waals surface area contributed by atoms with E-state index in [2.05, 4.69) is 19.9 Å². The number of anilines is 2. The summed E-state index contributed by atoms with van der Waals surface area (Å²) >= 11 is 0. The molecule has 1 aromatic carbocycles. The second-order valence-electron chi connectivity index (χ2n) is 4.83. The maximum Gasteiger partial charge on any atom is 0.203 e. The van der Waals surface area contributed by atoms with Gasteiger partial charge in [-0.25, -0.2) is 4.98 Å². The van der Waals surface area contributed by atoms with E-state index < -0.39 is 0 Å². The second-order valence-corrected chi connectivity index (χ2v) is 4.83. The number of fused-ring (bicyclic) bond motifs is 1. The number of hydrogen-bond donors (Lipinski definition) is 2. The summed E-state index contributed by atoms with van der Waals surface area (Å²) in [6.07, 6.45) is 2.70. The number of nitrogen functional groups attached to an aromatic ring is 1. The van der Waals surface area contributed by atoms with E-state index in [9.17, 15) is 0 Å². The van der Waals surface area contributed by atoms with Crippen molar-refractivity contribution >= 4 is 22.7 Å². The van der Waals surface area contributed by atoms with Gasteiger partial charge in [-0.05, 0) is 30.3 Å². The Hall–Kier alpha value is -2.56. The van der Waals surface area contributed by atoms with Crippen LogP contribution >= 0.6 is 0 Å². The molecule has 2 aromatic heterocycles. The van der Waals surface area contributed by atoms with E-state index in [1.807, 2.05) is 49.6 Å². The minimum Gasteiger partial charge on any atom is -0.399 e. The van der Waals surface area contributed by atoms with Crippen LogP contribution in [0.15, 0.2) is 42.6 Å². The van der Waals surface area contributed by atoms with E-state index in [0.717, 1.165) is 41.3 Å². The molecule has 20 heavy (non-hydrogen) atoms. The minimum atomic E-state index is 0.740. The number of H-pyrrole nitrogens is 1. The molecule has 3 rings (SSSR count). The monoisotopic (exact) mass is 267 g/mol. The fourth-order valence-corrected chi connectivity index (χ4v) is 2.13. The van der Waals surface area contributed by atoms with Crippen LogP contribution in [0, 0.1) is 0 Å². The van der Waals surface area contributed by atoms with Crippen LogP contribution in [0.5, 0.6) is 0 Å². The maximum atomic E-state index is 5.77. The highest BCUT2D eigenvalue weighted by atomic mass is 15.2. The smallest absolute Gasteiger partial charge is 0.203 e. The van der Waals surface area contributed by atoms with Crippen molar-refractivity contribution in [2.24, 2.45) is 0 Å². The zero-order valence-corrected chi connectivity index (χ0v) is 11.4. The number of hydrogen-bond acceptors (Lipinski definition) is 4. The molecule has 2 heterocycles. The normalized spacial score (nSPS) is 10.8. The Labute approximate surface area is 117 Å². The first kappa shape index (κ1) is 12.5. The molecule has 3 N–H and O–H groups in total. The van der Waals surface area contributed by atoms with Crippen molar-refractivity contribution in [3.05, 3.63) is 48.3 Å². The van der Waals surface area contributed by atoms with Crippen molar-refractivity contribution in [3.63, 3.8) is 0 Å². The SMILES string of the molecule is CN(CCc1ccccn1)c1nc2ccc(N)cc2[nH]1. The van der Waals surface area contributed by atoms with Crippen molar-refractivity contribution in [1.82, 2.24) is 15.0 Å². The average molecular weight is 267 g/mol. The van der Waals surface area contributed by atoms with Gasteiger partial charge in [0.1, 0.15) is 0 Å². The van der Waals surface area contributed by atoms with Gasteiger partial charge in [-0.15, -0.1) is 0 Å². The Morgan fingerprint density at radius 3 is 2.95 bits per heavy atom. The zero-order valence-electron chi connectivity index (χ0n) is 11.4. The van der Waals surface area contributed by atoms with Crippen LogP contribution in [0.3, 0.4) is 0 Å². The Balaban J connectivity index is 1.73. The lowest BCUT2D eigenvalue weighted by molar-refractivity contribution is 0.831. The van der Waals surface area contributed by atoms with Gasteiger partial charge in [0.15, 0.2) is 0 Å². The third-order valence-electron chi connectivity index (χ3n) is 3.28. The zero-order chi connectivity index (χ0) is 13.9. The lowest BCUT2D eigenvalue weighted by Gasteiger charge is -2.15. The number of nitrogens with two attached hydrogens (primary N) is 1. The van der Waals surface area contributed by atoms with Crippen LogP contribution in [0.1, 0.15) is 5.69 Å². The number of aromatic amines is 1. The van der Waals surface area contributed by atoms with Crippen molar-refractivity contribution in [3.8, 4) is 0 Å². The first-order valence-corrected chi connectivity index (χ1v) is 6.59. The quantitative estimate of drug-likeness (QED) is 0.711. The first-order chi connectivity index (χ1) is 9.72. The van der Waals surface area contributed by atoms with E-state index in [4.69, 9.17) is 5.73 Å². The van der Waals surface area contributed by atoms with Crippen LogP contribution in [-0.2, 0) is 6.42 Å². The number of likely N-dealkylation sites (N-methyl/N-ethyl adjacent to an activating group) is 1.